The largest absolute Gasteiger partial charge is 0.479 e. The van der Waals surface area contributed by atoms with Crippen LogP contribution < -0.4 is 5.32 Å². The average Bonchev–Trinajstić information content (AvgIpc) is 3.03. The number of rotatable bonds is 4. The highest BCUT2D eigenvalue weighted by Gasteiger charge is 2.29. The molecule has 20 heavy (non-hydrogen) atoms. The van der Waals surface area contributed by atoms with Crippen molar-refractivity contribution in [3.8, 4) is 0 Å². The molecule has 2 N–H and O–H groups in total. The van der Waals surface area contributed by atoms with Crippen LogP contribution in [0.15, 0.2) is 12.4 Å². The minimum absolute atomic E-state index is 0.322. The first-order valence-corrected chi connectivity index (χ1v) is 6.78. The van der Waals surface area contributed by atoms with E-state index in [4.69, 9.17) is 0 Å². The van der Waals surface area contributed by atoms with E-state index in [-0.39, 0.29) is 6.03 Å². The molecule has 1 aliphatic rings. The highest BCUT2D eigenvalue weighted by Crippen LogP contribution is 2.20. The van der Waals surface area contributed by atoms with Crippen LogP contribution in [0.2, 0.25) is 0 Å². The maximum absolute atomic E-state index is 12.1. The summed E-state index contributed by atoms with van der Waals surface area (Å²) < 4.78 is 1.51. The predicted molar refractivity (Wildman–Crippen MR) is 72.1 cm³/mol. The molecule has 0 spiro atoms. The second-order valence-electron chi connectivity index (χ2n) is 5.18. The lowest BCUT2D eigenvalue weighted by atomic mass is 10.1. The molecule has 2 unspecified atom stereocenters. The summed E-state index contributed by atoms with van der Waals surface area (Å²) in [5.74, 6) is -0.569. The summed E-state index contributed by atoms with van der Waals surface area (Å²) in [6.45, 7) is 3.48. The Bertz CT molecular complexity index is 500. The van der Waals surface area contributed by atoms with Crippen molar-refractivity contribution in [1.82, 2.24) is 20.0 Å². The zero-order valence-electron chi connectivity index (χ0n) is 11.7. The maximum Gasteiger partial charge on any atom is 0.331 e. The van der Waals surface area contributed by atoms with E-state index < -0.39 is 12.0 Å². The Morgan fingerprint density at radius 2 is 2.35 bits per heavy atom. The number of aliphatic carboxylic acids is 1. The zero-order chi connectivity index (χ0) is 14.7. The van der Waals surface area contributed by atoms with Crippen LogP contribution >= 0.6 is 0 Å². The van der Waals surface area contributed by atoms with E-state index >= 15 is 0 Å². The number of nitrogens with one attached hydrogen (secondary N) is 1. The number of carboxylic acids is 1. The van der Waals surface area contributed by atoms with Gasteiger partial charge in [0.15, 0.2) is 6.04 Å². The number of nitrogens with zero attached hydrogens (tertiary/aromatic N) is 3. The van der Waals surface area contributed by atoms with Gasteiger partial charge in [-0.2, -0.15) is 5.10 Å². The average molecular weight is 280 g/mol. The molecular weight excluding hydrogens is 260 g/mol. The van der Waals surface area contributed by atoms with E-state index in [0.29, 0.717) is 24.6 Å². The smallest absolute Gasteiger partial charge is 0.331 e. The van der Waals surface area contributed by atoms with Crippen molar-refractivity contribution >= 4 is 12.0 Å². The first-order valence-electron chi connectivity index (χ1n) is 6.78. The fourth-order valence-electron chi connectivity index (χ4n) is 2.44. The van der Waals surface area contributed by atoms with Crippen LogP contribution in [0, 0.1) is 5.92 Å². The molecule has 2 amide bonds. The van der Waals surface area contributed by atoms with Crippen molar-refractivity contribution in [1.29, 1.82) is 0 Å². The molecule has 0 radical (unpaired) electrons. The molecule has 1 fully saturated rings. The van der Waals surface area contributed by atoms with Crippen LogP contribution in [0.25, 0.3) is 0 Å². The number of carbonyl (C=O) groups is 2. The van der Waals surface area contributed by atoms with E-state index in [2.05, 4.69) is 17.3 Å². The zero-order valence-corrected chi connectivity index (χ0v) is 11.7. The van der Waals surface area contributed by atoms with E-state index in [9.17, 15) is 14.7 Å². The first-order chi connectivity index (χ1) is 9.51. The van der Waals surface area contributed by atoms with E-state index in [0.717, 1.165) is 12.8 Å². The van der Waals surface area contributed by atoms with Crippen molar-refractivity contribution in [3.05, 3.63) is 18.0 Å². The van der Waals surface area contributed by atoms with Gasteiger partial charge in [0.05, 0.1) is 6.20 Å². The van der Waals surface area contributed by atoms with E-state index in [1.807, 2.05) is 0 Å². The number of carboxylic acid groups (broad SMARTS) is 1. The maximum atomic E-state index is 12.1. The Labute approximate surface area is 117 Å². The normalized spacial score (nSPS) is 19.9. The first kappa shape index (κ1) is 14.4. The molecule has 2 atom stereocenters. The summed E-state index contributed by atoms with van der Waals surface area (Å²) >= 11 is 0. The Hall–Kier alpha value is -2.05. The number of likely N-dealkylation sites (tertiary alicyclic amines) is 1. The third kappa shape index (κ3) is 3.09. The van der Waals surface area contributed by atoms with Gasteiger partial charge in [0.2, 0.25) is 0 Å². The van der Waals surface area contributed by atoms with Gasteiger partial charge in [-0.25, -0.2) is 9.59 Å². The van der Waals surface area contributed by atoms with Gasteiger partial charge in [-0.1, -0.05) is 13.3 Å². The number of aryl methyl sites for hydroxylation is 1. The van der Waals surface area contributed by atoms with Crippen LogP contribution in [0.3, 0.4) is 0 Å². The summed E-state index contributed by atoms with van der Waals surface area (Å²) in [7, 11) is 1.70. The van der Waals surface area contributed by atoms with Gasteiger partial charge in [-0.3, -0.25) is 4.68 Å². The van der Waals surface area contributed by atoms with Gasteiger partial charge in [0.1, 0.15) is 0 Å². The van der Waals surface area contributed by atoms with Crippen molar-refractivity contribution in [3.63, 3.8) is 0 Å². The molecule has 1 aromatic heterocycles. The summed E-state index contributed by atoms with van der Waals surface area (Å²) in [4.78, 5) is 25.1. The second kappa shape index (κ2) is 5.94. The summed E-state index contributed by atoms with van der Waals surface area (Å²) in [6, 6.07) is -1.38. The lowest BCUT2D eigenvalue weighted by Crippen LogP contribution is -2.42. The Balaban J connectivity index is 2.02. The standard InChI is InChI=1S/C13H20N4O3/c1-3-9-4-5-17(7-9)13(20)15-11(12(18)19)10-6-14-16(2)8-10/h6,8-9,11H,3-5,7H2,1-2H3,(H,15,20)(H,18,19). The fourth-order valence-corrected chi connectivity index (χ4v) is 2.44. The second-order valence-corrected chi connectivity index (χ2v) is 5.18. The number of carbonyl (C=O) groups excluding carboxylic acids is 1. The lowest BCUT2D eigenvalue weighted by Gasteiger charge is -2.20. The topological polar surface area (TPSA) is 87.5 Å². The predicted octanol–water partition coefficient (Wildman–Crippen LogP) is 0.987. The molecule has 2 rings (SSSR count). The van der Waals surface area contributed by atoms with E-state index in [1.54, 1.807) is 18.1 Å². The quantitative estimate of drug-likeness (QED) is 0.861. The van der Waals surface area contributed by atoms with Crippen molar-refractivity contribution in [2.45, 2.75) is 25.8 Å². The van der Waals surface area contributed by atoms with Crippen LogP contribution in [0.5, 0.6) is 0 Å². The minimum Gasteiger partial charge on any atom is -0.479 e. The highest BCUT2D eigenvalue weighted by molar-refractivity contribution is 5.83. The molecule has 2 heterocycles. The van der Waals surface area contributed by atoms with Gasteiger partial charge in [-0.05, 0) is 12.3 Å². The molecule has 7 heteroatoms. The third-order valence-electron chi connectivity index (χ3n) is 3.72. The molecule has 7 nitrogen and oxygen atoms in total. The third-order valence-corrected chi connectivity index (χ3v) is 3.72. The van der Waals surface area contributed by atoms with Gasteiger partial charge >= 0.3 is 12.0 Å². The number of hydrogen-bond acceptors (Lipinski definition) is 3. The number of aromatic nitrogens is 2. The highest BCUT2D eigenvalue weighted by atomic mass is 16.4. The van der Waals surface area contributed by atoms with Crippen molar-refractivity contribution in [2.24, 2.45) is 13.0 Å². The molecule has 1 saturated heterocycles. The molecule has 0 bridgehead atoms. The Morgan fingerprint density at radius 1 is 1.60 bits per heavy atom. The van der Waals surface area contributed by atoms with Crippen molar-refractivity contribution < 1.29 is 14.7 Å². The number of hydrogen-bond donors (Lipinski definition) is 2. The molecule has 0 saturated carbocycles. The van der Waals surface area contributed by atoms with E-state index in [1.165, 1.54) is 10.9 Å². The van der Waals surface area contributed by atoms with Gasteiger partial charge in [0, 0.05) is 31.9 Å². The molecule has 0 aliphatic carbocycles. The molecular formula is C13H20N4O3. The van der Waals surface area contributed by atoms with Gasteiger partial charge in [-0.15, -0.1) is 0 Å². The van der Waals surface area contributed by atoms with Gasteiger partial charge < -0.3 is 15.3 Å². The SMILES string of the molecule is CCC1CCN(C(=O)NC(C(=O)O)c2cnn(C)c2)C1. The summed E-state index contributed by atoms with van der Waals surface area (Å²) in [5.41, 5.74) is 0.472. The van der Waals surface area contributed by atoms with Crippen LogP contribution in [0.1, 0.15) is 31.4 Å². The van der Waals surface area contributed by atoms with Crippen LogP contribution in [-0.4, -0.2) is 44.9 Å². The van der Waals surface area contributed by atoms with Gasteiger partial charge in [0.25, 0.3) is 0 Å². The molecule has 1 aliphatic heterocycles. The van der Waals surface area contributed by atoms with Crippen LogP contribution in [0.4, 0.5) is 4.79 Å². The molecule has 1 aromatic rings. The molecule has 110 valence electrons. The summed E-state index contributed by atoms with van der Waals surface area (Å²) in [6.07, 6.45) is 5.07. The number of amides is 2. The Morgan fingerprint density at radius 3 is 2.85 bits per heavy atom. The van der Waals surface area contributed by atoms with Crippen LogP contribution in [-0.2, 0) is 11.8 Å². The Kier molecular flexibility index (Phi) is 4.26. The fraction of sp³-hybridized carbons (Fsp3) is 0.615. The number of urea groups is 1. The van der Waals surface area contributed by atoms with Crippen molar-refractivity contribution in [2.75, 3.05) is 13.1 Å². The minimum atomic E-state index is -1.09. The monoisotopic (exact) mass is 280 g/mol. The lowest BCUT2D eigenvalue weighted by molar-refractivity contribution is -0.139. The summed E-state index contributed by atoms with van der Waals surface area (Å²) in [5, 5.41) is 15.8. The molecule has 0 aromatic carbocycles.